The molecule has 0 unspecified atom stereocenters. The van der Waals surface area contributed by atoms with E-state index in [1.54, 1.807) is 6.92 Å². The van der Waals surface area contributed by atoms with Gasteiger partial charge in [0.25, 0.3) is 0 Å². The van der Waals surface area contributed by atoms with Gasteiger partial charge in [0.15, 0.2) is 0 Å². The molecule has 0 fully saturated rings. The minimum atomic E-state index is -0.935. The highest BCUT2D eigenvalue weighted by atomic mass is 16.5. The van der Waals surface area contributed by atoms with E-state index < -0.39 is 11.9 Å². The summed E-state index contributed by atoms with van der Waals surface area (Å²) in [6.45, 7) is 17.3. The number of ether oxygens (including phenoxy) is 1. The van der Waals surface area contributed by atoms with E-state index in [0.29, 0.717) is 12.2 Å². The molecule has 0 radical (unpaired) electrons. The summed E-state index contributed by atoms with van der Waals surface area (Å²) in [5.41, 5.74) is 0.844. The van der Waals surface area contributed by atoms with Crippen molar-refractivity contribution in [1.82, 2.24) is 0 Å². The lowest BCUT2D eigenvalue weighted by molar-refractivity contribution is -0.139. The standard InChI is InChI=1S/C22H42O2.2C4H6O2/c1-4-5-6-7-8-9-10-11-12-13-14-15-16-17-18-19-20-24-22(23)21(2)3;2*1-3(2)4(5)6/h2,4-20H2,1,3H3;2*1H2,2H3,(H,5,6). The van der Waals surface area contributed by atoms with E-state index in [1.807, 2.05) is 0 Å². The van der Waals surface area contributed by atoms with Crippen molar-refractivity contribution in [3.63, 3.8) is 0 Å². The fraction of sp³-hybridized carbons (Fsp3) is 0.700. The normalized spacial score (nSPS) is 9.67. The molecule has 6 heteroatoms. The van der Waals surface area contributed by atoms with Crippen molar-refractivity contribution >= 4 is 17.9 Å². The van der Waals surface area contributed by atoms with Gasteiger partial charge in [0, 0.05) is 16.7 Å². The smallest absolute Gasteiger partial charge is 0.333 e. The highest BCUT2D eigenvalue weighted by Crippen LogP contribution is 2.13. The van der Waals surface area contributed by atoms with Crippen LogP contribution in [0.5, 0.6) is 0 Å². The van der Waals surface area contributed by atoms with Gasteiger partial charge >= 0.3 is 17.9 Å². The molecular weight excluding hydrogens is 456 g/mol. The second-order valence-corrected chi connectivity index (χ2v) is 9.39. The molecule has 0 heterocycles. The van der Waals surface area contributed by atoms with E-state index in [-0.39, 0.29) is 17.1 Å². The fourth-order valence-corrected chi connectivity index (χ4v) is 2.94. The minimum Gasteiger partial charge on any atom is -0.478 e. The molecular formula is C30H54O6. The SMILES string of the molecule is C=C(C)C(=O)O.C=C(C)C(=O)O.C=C(C)C(=O)OCCCCCCCCCCCCCCCCCC. The molecule has 0 aromatic carbocycles. The summed E-state index contributed by atoms with van der Waals surface area (Å²) < 4.78 is 5.08. The first kappa shape index (κ1) is 38.2. The van der Waals surface area contributed by atoms with Crippen molar-refractivity contribution in [2.75, 3.05) is 6.61 Å². The maximum Gasteiger partial charge on any atom is 0.333 e. The number of carboxylic acids is 2. The van der Waals surface area contributed by atoms with Gasteiger partial charge in [0.2, 0.25) is 0 Å². The lowest BCUT2D eigenvalue weighted by atomic mass is 10.0. The summed E-state index contributed by atoms with van der Waals surface area (Å²) in [4.78, 5) is 30.4. The van der Waals surface area contributed by atoms with Crippen LogP contribution in [0.1, 0.15) is 130 Å². The van der Waals surface area contributed by atoms with Crippen molar-refractivity contribution in [2.45, 2.75) is 130 Å². The van der Waals surface area contributed by atoms with Crippen LogP contribution in [0.3, 0.4) is 0 Å². The summed E-state index contributed by atoms with van der Waals surface area (Å²) in [7, 11) is 0. The number of rotatable bonds is 20. The number of esters is 1. The number of carboxylic acid groups (broad SMARTS) is 2. The predicted octanol–water partition coefficient (Wildman–Crippen LogP) is 8.66. The van der Waals surface area contributed by atoms with Crippen molar-refractivity contribution in [3.05, 3.63) is 36.5 Å². The van der Waals surface area contributed by atoms with Crippen LogP contribution in [0.15, 0.2) is 36.5 Å². The predicted molar refractivity (Wildman–Crippen MR) is 150 cm³/mol. The number of hydrogen-bond donors (Lipinski definition) is 2. The van der Waals surface area contributed by atoms with Gasteiger partial charge in [-0.25, -0.2) is 14.4 Å². The molecule has 2 N–H and O–H groups in total. The number of carbonyl (C=O) groups is 3. The molecule has 0 aromatic rings. The highest BCUT2D eigenvalue weighted by molar-refractivity contribution is 5.87. The van der Waals surface area contributed by atoms with Gasteiger partial charge in [-0.3, -0.25) is 0 Å². The van der Waals surface area contributed by atoms with Crippen LogP contribution in [-0.2, 0) is 19.1 Å². The van der Waals surface area contributed by atoms with E-state index >= 15 is 0 Å². The first-order valence-electron chi connectivity index (χ1n) is 13.6. The summed E-state index contributed by atoms with van der Waals surface area (Å²) in [6, 6.07) is 0. The molecule has 0 bridgehead atoms. The van der Waals surface area contributed by atoms with Gasteiger partial charge < -0.3 is 14.9 Å². The monoisotopic (exact) mass is 510 g/mol. The van der Waals surface area contributed by atoms with Gasteiger partial charge in [-0.2, -0.15) is 0 Å². The fourth-order valence-electron chi connectivity index (χ4n) is 2.94. The molecule has 210 valence electrons. The topological polar surface area (TPSA) is 101 Å². The molecule has 0 aromatic heterocycles. The van der Waals surface area contributed by atoms with Crippen LogP contribution < -0.4 is 0 Å². The Bertz CT molecular complexity index is 573. The third-order valence-electron chi connectivity index (χ3n) is 5.31. The van der Waals surface area contributed by atoms with Crippen LogP contribution in [0.25, 0.3) is 0 Å². The van der Waals surface area contributed by atoms with Crippen LogP contribution >= 0.6 is 0 Å². The Morgan fingerprint density at radius 3 is 1.00 bits per heavy atom. The molecule has 0 rings (SSSR count). The molecule has 0 saturated carbocycles. The number of hydrogen-bond acceptors (Lipinski definition) is 4. The number of unbranched alkanes of at least 4 members (excludes halogenated alkanes) is 15. The average molecular weight is 511 g/mol. The quantitative estimate of drug-likeness (QED) is 0.0965. The molecule has 0 saturated heterocycles. The van der Waals surface area contributed by atoms with Crippen molar-refractivity contribution < 1.29 is 29.3 Å². The van der Waals surface area contributed by atoms with Crippen LogP contribution in [0.2, 0.25) is 0 Å². The first-order chi connectivity index (χ1) is 17.0. The van der Waals surface area contributed by atoms with E-state index in [9.17, 15) is 14.4 Å². The molecule has 6 nitrogen and oxygen atoms in total. The number of carbonyl (C=O) groups excluding carboxylic acids is 1. The van der Waals surface area contributed by atoms with Gasteiger partial charge in [-0.05, 0) is 27.2 Å². The highest BCUT2D eigenvalue weighted by Gasteiger charge is 2.01. The van der Waals surface area contributed by atoms with E-state index in [2.05, 4.69) is 26.7 Å². The van der Waals surface area contributed by atoms with Crippen LogP contribution in [0.4, 0.5) is 0 Å². The molecule has 0 aliphatic heterocycles. The lowest BCUT2D eigenvalue weighted by Crippen LogP contribution is -2.05. The maximum absolute atomic E-state index is 11.2. The van der Waals surface area contributed by atoms with Gasteiger partial charge in [-0.1, -0.05) is 123 Å². The lowest BCUT2D eigenvalue weighted by Gasteiger charge is -2.05. The Morgan fingerprint density at radius 1 is 0.528 bits per heavy atom. The van der Waals surface area contributed by atoms with Gasteiger partial charge in [0.1, 0.15) is 0 Å². The van der Waals surface area contributed by atoms with Gasteiger partial charge in [0.05, 0.1) is 6.61 Å². The molecule has 0 aliphatic rings. The summed E-state index contributed by atoms with van der Waals surface area (Å²) in [5.74, 6) is -2.12. The second kappa shape index (κ2) is 28.9. The average Bonchev–Trinajstić information content (AvgIpc) is 2.81. The third kappa shape index (κ3) is 36.2. The Morgan fingerprint density at radius 2 is 0.778 bits per heavy atom. The Hall–Kier alpha value is -2.37. The zero-order valence-electron chi connectivity index (χ0n) is 23.7. The zero-order chi connectivity index (χ0) is 28.2. The summed E-state index contributed by atoms with van der Waals surface area (Å²) in [5, 5.41) is 15.8. The first-order valence-corrected chi connectivity index (χ1v) is 13.6. The van der Waals surface area contributed by atoms with Crippen molar-refractivity contribution in [1.29, 1.82) is 0 Å². The van der Waals surface area contributed by atoms with Crippen molar-refractivity contribution in [3.8, 4) is 0 Å². The van der Waals surface area contributed by atoms with E-state index in [4.69, 9.17) is 14.9 Å². The van der Waals surface area contributed by atoms with Gasteiger partial charge in [-0.15, -0.1) is 0 Å². The molecule has 0 amide bonds. The molecule has 0 aliphatic carbocycles. The van der Waals surface area contributed by atoms with E-state index in [1.165, 1.54) is 110 Å². The minimum absolute atomic E-state index is 0.176. The maximum atomic E-state index is 11.2. The van der Waals surface area contributed by atoms with Crippen LogP contribution in [-0.4, -0.2) is 34.7 Å². The second-order valence-electron chi connectivity index (χ2n) is 9.39. The largest absolute Gasteiger partial charge is 0.478 e. The molecule has 36 heavy (non-hydrogen) atoms. The Balaban J connectivity index is -0.000000742. The zero-order valence-corrected chi connectivity index (χ0v) is 23.7. The summed E-state index contributed by atoms with van der Waals surface area (Å²) in [6.07, 6.45) is 21.7. The van der Waals surface area contributed by atoms with E-state index in [0.717, 1.165) is 6.42 Å². The summed E-state index contributed by atoms with van der Waals surface area (Å²) >= 11 is 0. The molecule has 0 spiro atoms. The molecule has 0 atom stereocenters. The Labute approximate surface area is 220 Å². The number of aliphatic carboxylic acids is 2. The van der Waals surface area contributed by atoms with Crippen LogP contribution in [0, 0.1) is 0 Å². The van der Waals surface area contributed by atoms with Crippen molar-refractivity contribution in [2.24, 2.45) is 0 Å². The Kier molecular flexibility index (Phi) is 30.6. The third-order valence-corrected chi connectivity index (χ3v) is 5.31.